The number of rotatable bonds is 2. The molecule has 0 spiro atoms. The van der Waals surface area contributed by atoms with Crippen LogP contribution in [-0.4, -0.2) is 25.7 Å². The van der Waals surface area contributed by atoms with Crippen molar-refractivity contribution in [2.75, 3.05) is 5.75 Å². The van der Waals surface area contributed by atoms with Crippen molar-refractivity contribution in [2.24, 2.45) is 11.8 Å². The molecule has 3 nitrogen and oxygen atoms in total. The SMILES string of the molecule is O=C1C2C=CCCC2C(=O)N1SCC(Cl)(Cl)Cl. The van der Waals surface area contributed by atoms with E-state index >= 15 is 0 Å². The van der Waals surface area contributed by atoms with E-state index in [1.165, 1.54) is 0 Å². The zero-order chi connectivity index (χ0) is 12.6. The number of allylic oxidation sites excluding steroid dienone is 1. The zero-order valence-corrected chi connectivity index (χ0v) is 11.8. The summed E-state index contributed by atoms with van der Waals surface area (Å²) in [6.45, 7) is 0. The summed E-state index contributed by atoms with van der Waals surface area (Å²) >= 11 is 17.8. The van der Waals surface area contributed by atoms with Crippen LogP contribution in [-0.2, 0) is 9.59 Å². The van der Waals surface area contributed by atoms with Gasteiger partial charge in [-0.15, -0.1) is 0 Å². The van der Waals surface area contributed by atoms with E-state index in [0.29, 0.717) is 0 Å². The lowest BCUT2D eigenvalue weighted by atomic mass is 9.86. The molecule has 0 aromatic rings. The molecule has 94 valence electrons. The summed E-state index contributed by atoms with van der Waals surface area (Å²) in [5.74, 6) is -0.827. The van der Waals surface area contributed by atoms with Crippen LogP contribution in [0.25, 0.3) is 0 Å². The lowest BCUT2D eigenvalue weighted by Crippen LogP contribution is -2.26. The van der Waals surface area contributed by atoms with Crippen LogP contribution in [0, 0.1) is 11.8 Å². The Labute approximate surface area is 119 Å². The lowest BCUT2D eigenvalue weighted by molar-refractivity contribution is -0.133. The maximum atomic E-state index is 12.0. The minimum absolute atomic E-state index is 0.0816. The summed E-state index contributed by atoms with van der Waals surface area (Å²) in [7, 11) is 0. The van der Waals surface area contributed by atoms with Gasteiger partial charge in [-0.2, -0.15) is 0 Å². The zero-order valence-electron chi connectivity index (χ0n) is 8.74. The lowest BCUT2D eigenvalue weighted by Gasteiger charge is -2.16. The predicted molar refractivity (Wildman–Crippen MR) is 70.0 cm³/mol. The molecule has 0 radical (unpaired) electrons. The van der Waals surface area contributed by atoms with Crippen molar-refractivity contribution in [3.05, 3.63) is 12.2 Å². The monoisotopic (exact) mass is 313 g/mol. The molecule has 2 unspecified atom stereocenters. The number of fused-ring (bicyclic) bond motifs is 1. The van der Waals surface area contributed by atoms with Gasteiger partial charge in [0, 0.05) is 0 Å². The van der Waals surface area contributed by atoms with Crippen LogP contribution in [0.4, 0.5) is 0 Å². The molecular formula is C10H10Cl3NO2S. The van der Waals surface area contributed by atoms with E-state index in [0.717, 1.165) is 29.1 Å². The molecular weight excluding hydrogens is 305 g/mol. The van der Waals surface area contributed by atoms with Crippen LogP contribution < -0.4 is 0 Å². The summed E-state index contributed by atoms with van der Waals surface area (Å²) in [5.41, 5.74) is 0. The standard InChI is InChI=1S/C10H10Cl3NO2S/c11-10(12,13)5-17-14-8(15)6-3-1-2-4-7(6)9(14)16/h1,3,6-7H,2,4-5H2. The van der Waals surface area contributed by atoms with E-state index in [2.05, 4.69) is 0 Å². The average Bonchev–Trinajstić information content (AvgIpc) is 2.49. The van der Waals surface area contributed by atoms with E-state index in [-0.39, 0.29) is 29.4 Å². The highest BCUT2D eigenvalue weighted by molar-refractivity contribution is 7.98. The number of carbonyl (C=O) groups excluding carboxylic acids is 2. The number of nitrogens with zero attached hydrogens (tertiary/aromatic N) is 1. The summed E-state index contributed by atoms with van der Waals surface area (Å²) in [6.07, 6.45) is 5.31. The van der Waals surface area contributed by atoms with Gasteiger partial charge in [-0.1, -0.05) is 47.0 Å². The summed E-state index contributed by atoms with van der Waals surface area (Å²) in [5, 5.41) is 0. The first-order chi connectivity index (χ1) is 7.90. The Morgan fingerprint density at radius 1 is 1.35 bits per heavy atom. The number of amides is 2. The van der Waals surface area contributed by atoms with Crippen LogP contribution in [0.2, 0.25) is 0 Å². The number of alkyl halides is 3. The minimum Gasteiger partial charge on any atom is -0.273 e. The quantitative estimate of drug-likeness (QED) is 0.340. The van der Waals surface area contributed by atoms with Crippen molar-refractivity contribution in [1.29, 1.82) is 0 Å². The van der Waals surface area contributed by atoms with Crippen molar-refractivity contribution in [3.63, 3.8) is 0 Å². The van der Waals surface area contributed by atoms with Gasteiger partial charge >= 0.3 is 0 Å². The van der Waals surface area contributed by atoms with Gasteiger partial charge in [0.15, 0.2) is 0 Å². The minimum atomic E-state index is -1.46. The van der Waals surface area contributed by atoms with Gasteiger partial charge in [0.1, 0.15) is 0 Å². The molecule has 17 heavy (non-hydrogen) atoms. The van der Waals surface area contributed by atoms with E-state index in [1.54, 1.807) is 0 Å². The largest absolute Gasteiger partial charge is 0.273 e. The number of hydrogen-bond acceptors (Lipinski definition) is 3. The van der Waals surface area contributed by atoms with Gasteiger partial charge in [-0.3, -0.25) is 9.59 Å². The van der Waals surface area contributed by atoms with Crippen LogP contribution in [0.1, 0.15) is 12.8 Å². The Hall–Kier alpha value is 0.1000. The van der Waals surface area contributed by atoms with E-state index < -0.39 is 3.79 Å². The first-order valence-corrected chi connectivity index (χ1v) is 7.22. The third-order valence-corrected chi connectivity index (χ3v) is 4.84. The van der Waals surface area contributed by atoms with Crippen molar-refractivity contribution < 1.29 is 9.59 Å². The number of carbonyl (C=O) groups is 2. The topological polar surface area (TPSA) is 37.4 Å². The van der Waals surface area contributed by atoms with E-state index in [4.69, 9.17) is 34.8 Å². The predicted octanol–water partition coefficient (Wildman–Crippen LogP) is 2.96. The van der Waals surface area contributed by atoms with Crippen LogP contribution in [0.5, 0.6) is 0 Å². The van der Waals surface area contributed by atoms with Gasteiger partial charge in [-0.25, -0.2) is 4.31 Å². The number of halogens is 3. The molecule has 0 bridgehead atoms. The third kappa shape index (κ3) is 2.92. The highest BCUT2D eigenvalue weighted by Crippen LogP contribution is 2.40. The van der Waals surface area contributed by atoms with E-state index in [1.807, 2.05) is 12.2 Å². The molecule has 1 heterocycles. The first-order valence-electron chi connectivity index (χ1n) is 5.14. The van der Waals surface area contributed by atoms with Gasteiger partial charge in [0.2, 0.25) is 15.6 Å². The highest BCUT2D eigenvalue weighted by atomic mass is 35.6. The second-order valence-electron chi connectivity index (χ2n) is 4.00. The summed E-state index contributed by atoms with van der Waals surface area (Å²) in [4.78, 5) is 24.0. The van der Waals surface area contributed by atoms with Crippen molar-refractivity contribution in [1.82, 2.24) is 4.31 Å². The Kier molecular flexibility index (Phi) is 3.98. The normalized spacial score (nSPS) is 28.8. The smallest absolute Gasteiger partial charge is 0.247 e. The average molecular weight is 315 g/mol. The Bertz CT molecular complexity index is 380. The van der Waals surface area contributed by atoms with Crippen molar-refractivity contribution in [3.8, 4) is 0 Å². The number of imide groups is 1. The van der Waals surface area contributed by atoms with E-state index in [9.17, 15) is 9.59 Å². The fourth-order valence-corrected chi connectivity index (χ4v) is 3.25. The molecule has 2 rings (SSSR count). The molecule has 0 aromatic heterocycles. The summed E-state index contributed by atoms with van der Waals surface area (Å²) < 4.78 is -0.318. The molecule has 1 aliphatic carbocycles. The second-order valence-corrected chi connectivity index (χ2v) is 7.43. The summed E-state index contributed by atoms with van der Waals surface area (Å²) in [6, 6.07) is 0. The van der Waals surface area contributed by atoms with Crippen molar-refractivity contribution in [2.45, 2.75) is 16.6 Å². The third-order valence-electron chi connectivity index (χ3n) is 2.78. The van der Waals surface area contributed by atoms with Gasteiger partial charge in [-0.05, 0) is 24.8 Å². The molecule has 2 atom stereocenters. The molecule has 1 saturated heterocycles. The van der Waals surface area contributed by atoms with Crippen molar-refractivity contribution >= 4 is 58.6 Å². The Balaban J connectivity index is 2.07. The molecule has 2 aliphatic rings. The van der Waals surface area contributed by atoms with Gasteiger partial charge in [0.25, 0.3) is 0 Å². The highest BCUT2D eigenvalue weighted by Gasteiger charge is 2.47. The molecule has 7 heteroatoms. The Morgan fingerprint density at radius 3 is 2.65 bits per heavy atom. The molecule has 2 amide bonds. The fraction of sp³-hybridized carbons (Fsp3) is 0.600. The second kappa shape index (κ2) is 5.00. The number of hydrogen-bond donors (Lipinski definition) is 0. The van der Waals surface area contributed by atoms with Crippen LogP contribution in [0.3, 0.4) is 0 Å². The maximum absolute atomic E-state index is 12.0. The molecule has 1 aliphatic heterocycles. The molecule has 1 fully saturated rings. The van der Waals surface area contributed by atoms with Gasteiger partial charge in [0.05, 0.1) is 17.6 Å². The molecule has 0 N–H and O–H groups in total. The van der Waals surface area contributed by atoms with Gasteiger partial charge < -0.3 is 0 Å². The maximum Gasteiger partial charge on any atom is 0.247 e. The first kappa shape index (κ1) is 13.5. The molecule has 0 saturated carbocycles. The van der Waals surface area contributed by atoms with Crippen LogP contribution in [0.15, 0.2) is 12.2 Å². The Morgan fingerprint density at radius 2 is 2.06 bits per heavy atom. The molecule has 0 aromatic carbocycles. The van der Waals surface area contributed by atoms with Crippen LogP contribution >= 0.6 is 46.8 Å². The fourth-order valence-electron chi connectivity index (χ4n) is 2.02.